The number of carbonyl (C=O) groups is 2. The molecule has 0 unspecified atom stereocenters. The number of fused-ring (bicyclic) bond motifs is 1. The Labute approximate surface area is 98.7 Å². The van der Waals surface area contributed by atoms with Crippen LogP contribution >= 0.6 is 0 Å². The van der Waals surface area contributed by atoms with Gasteiger partial charge < -0.3 is 5.32 Å². The van der Waals surface area contributed by atoms with Crippen LogP contribution in [-0.4, -0.2) is 19.0 Å². The van der Waals surface area contributed by atoms with Gasteiger partial charge in [-0.1, -0.05) is 0 Å². The van der Waals surface area contributed by atoms with Crippen molar-refractivity contribution < 1.29 is 9.59 Å². The summed E-state index contributed by atoms with van der Waals surface area (Å²) < 4.78 is 0. The van der Waals surface area contributed by atoms with Gasteiger partial charge in [-0.15, -0.1) is 0 Å². The molecule has 0 bridgehead atoms. The minimum Gasteiger partial charge on any atom is -0.326 e. The molecule has 0 saturated carbocycles. The van der Waals surface area contributed by atoms with Crippen LogP contribution in [0.25, 0.3) is 0 Å². The SMILES string of the molecule is CN(C(=O)NN)c1ccc2c(c1)CCC(=O)N2. The predicted molar refractivity (Wildman–Crippen MR) is 64.5 cm³/mol. The van der Waals surface area contributed by atoms with Crippen molar-refractivity contribution in [2.75, 3.05) is 17.3 Å². The quantitative estimate of drug-likeness (QED) is 0.377. The largest absolute Gasteiger partial charge is 0.335 e. The monoisotopic (exact) mass is 234 g/mol. The van der Waals surface area contributed by atoms with E-state index in [0.29, 0.717) is 12.8 Å². The van der Waals surface area contributed by atoms with E-state index in [1.807, 2.05) is 6.07 Å². The predicted octanol–water partition coefficient (Wildman–Crippen LogP) is 0.591. The van der Waals surface area contributed by atoms with Crippen molar-refractivity contribution in [1.82, 2.24) is 5.43 Å². The molecule has 0 saturated heterocycles. The summed E-state index contributed by atoms with van der Waals surface area (Å²) in [7, 11) is 1.63. The third-order valence-corrected chi connectivity index (χ3v) is 2.80. The molecule has 2 rings (SSSR count). The van der Waals surface area contributed by atoms with Gasteiger partial charge in [-0.2, -0.15) is 0 Å². The lowest BCUT2D eigenvalue weighted by molar-refractivity contribution is -0.116. The third-order valence-electron chi connectivity index (χ3n) is 2.80. The number of hydrogen-bond donors (Lipinski definition) is 3. The molecule has 0 spiro atoms. The Kier molecular flexibility index (Phi) is 2.97. The highest BCUT2D eigenvalue weighted by Gasteiger charge is 2.17. The molecule has 3 amide bonds. The van der Waals surface area contributed by atoms with Crippen LogP contribution in [-0.2, 0) is 11.2 Å². The fraction of sp³-hybridized carbons (Fsp3) is 0.273. The van der Waals surface area contributed by atoms with E-state index in [4.69, 9.17) is 5.84 Å². The highest BCUT2D eigenvalue weighted by atomic mass is 16.2. The first kappa shape index (κ1) is 11.4. The molecule has 1 aliphatic heterocycles. The van der Waals surface area contributed by atoms with E-state index in [9.17, 15) is 9.59 Å². The summed E-state index contributed by atoms with van der Waals surface area (Å²) in [6.07, 6.45) is 1.16. The summed E-state index contributed by atoms with van der Waals surface area (Å²) in [5, 5.41) is 2.79. The Morgan fingerprint density at radius 2 is 2.24 bits per heavy atom. The maximum Gasteiger partial charge on any atom is 0.335 e. The van der Waals surface area contributed by atoms with Crippen LogP contribution in [0.3, 0.4) is 0 Å². The van der Waals surface area contributed by atoms with E-state index in [-0.39, 0.29) is 11.9 Å². The molecular formula is C11H14N4O2. The van der Waals surface area contributed by atoms with E-state index in [2.05, 4.69) is 10.7 Å². The molecule has 90 valence electrons. The summed E-state index contributed by atoms with van der Waals surface area (Å²) in [4.78, 5) is 24.0. The topological polar surface area (TPSA) is 87.5 Å². The van der Waals surface area contributed by atoms with E-state index >= 15 is 0 Å². The van der Waals surface area contributed by atoms with Crippen LogP contribution in [0.1, 0.15) is 12.0 Å². The molecule has 0 aromatic heterocycles. The molecule has 6 heteroatoms. The van der Waals surface area contributed by atoms with Gasteiger partial charge in [0.05, 0.1) is 0 Å². The number of carbonyl (C=O) groups excluding carboxylic acids is 2. The second-order valence-corrected chi connectivity index (χ2v) is 3.90. The third kappa shape index (κ3) is 2.21. The van der Waals surface area contributed by atoms with Gasteiger partial charge in [0.25, 0.3) is 0 Å². The zero-order valence-corrected chi connectivity index (χ0v) is 9.49. The van der Waals surface area contributed by atoms with E-state index < -0.39 is 0 Å². The number of rotatable bonds is 1. The fourth-order valence-electron chi connectivity index (χ4n) is 1.79. The number of hydrazine groups is 1. The smallest absolute Gasteiger partial charge is 0.326 e. The van der Waals surface area contributed by atoms with Crippen LogP contribution < -0.4 is 21.5 Å². The second-order valence-electron chi connectivity index (χ2n) is 3.90. The first-order valence-electron chi connectivity index (χ1n) is 5.29. The van der Waals surface area contributed by atoms with Gasteiger partial charge in [-0.05, 0) is 30.2 Å². The molecule has 1 aromatic rings. The number of nitrogens with one attached hydrogen (secondary N) is 2. The van der Waals surface area contributed by atoms with Crippen molar-refractivity contribution in [3.05, 3.63) is 23.8 Å². The van der Waals surface area contributed by atoms with Crippen molar-refractivity contribution in [2.24, 2.45) is 5.84 Å². The Bertz CT molecular complexity index is 473. The van der Waals surface area contributed by atoms with E-state index in [0.717, 1.165) is 16.9 Å². The zero-order valence-electron chi connectivity index (χ0n) is 9.49. The fourth-order valence-corrected chi connectivity index (χ4v) is 1.79. The molecule has 6 nitrogen and oxygen atoms in total. The normalized spacial score (nSPS) is 13.6. The number of benzene rings is 1. The number of amides is 3. The summed E-state index contributed by atoms with van der Waals surface area (Å²) in [6, 6.07) is 5.05. The van der Waals surface area contributed by atoms with E-state index in [1.165, 1.54) is 4.90 Å². The van der Waals surface area contributed by atoms with Crippen molar-refractivity contribution in [1.29, 1.82) is 0 Å². The Morgan fingerprint density at radius 1 is 1.47 bits per heavy atom. The number of nitrogens with two attached hydrogens (primary N) is 1. The Hall–Kier alpha value is -2.08. The molecule has 0 fully saturated rings. The first-order valence-corrected chi connectivity index (χ1v) is 5.29. The minimum absolute atomic E-state index is 0.0262. The van der Waals surface area contributed by atoms with Gasteiger partial charge in [0.15, 0.2) is 0 Å². The maximum atomic E-state index is 11.4. The Balaban J connectivity index is 2.28. The lowest BCUT2D eigenvalue weighted by atomic mass is 10.0. The number of anilines is 2. The maximum absolute atomic E-state index is 11.4. The van der Waals surface area contributed by atoms with Crippen LogP contribution in [0, 0.1) is 0 Å². The summed E-state index contributed by atoms with van der Waals surface area (Å²) >= 11 is 0. The first-order chi connectivity index (χ1) is 8.11. The number of hydrogen-bond acceptors (Lipinski definition) is 3. The Morgan fingerprint density at radius 3 is 2.94 bits per heavy atom. The highest BCUT2D eigenvalue weighted by molar-refractivity contribution is 5.95. The average molecular weight is 234 g/mol. The number of nitrogens with zero attached hydrogens (tertiary/aromatic N) is 1. The van der Waals surface area contributed by atoms with Gasteiger partial charge in [0, 0.05) is 24.8 Å². The van der Waals surface area contributed by atoms with Gasteiger partial charge in [0.2, 0.25) is 5.91 Å². The molecule has 0 aliphatic carbocycles. The van der Waals surface area contributed by atoms with Crippen molar-refractivity contribution in [3.63, 3.8) is 0 Å². The van der Waals surface area contributed by atoms with Gasteiger partial charge >= 0.3 is 6.03 Å². The molecule has 17 heavy (non-hydrogen) atoms. The standard InChI is InChI=1S/C11H14N4O2/c1-15(11(17)14-12)8-3-4-9-7(6-8)2-5-10(16)13-9/h3-4,6H,2,5,12H2,1H3,(H,13,16)(H,14,17). The number of aryl methyl sites for hydroxylation is 1. The molecule has 1 heterocycles. The van der Waals surface area contributed by atoms with Crippen molar-refractivity contribution in [3.8, 4) is 0 Å². The molecule has 1 aromatic carbocycles. The van der Waals surface area contributed by atoms with Gasteiger partial charge in [-0.25, -0.2) is 10.6 Å². The van der Waals surface area contributed by atoms with Crippen LogP contribution in [0.5, 0.6) is 0 Å². The molecule has 1 aliphatic rings. The summed E-state index contributed by atoms with van der Waals surface area (Å²) in [6.45, 7) is 0. The summed E-state index contributed by atoms with van der Waals surface area (Å²) in [5.41, 5.74) is 4.64. The number of urea groups is 1. The summed E-state index contributed by atoms with van der Waals surface area (Å²) in [5.74, 6) is 5.09. The second kappa shape index (κ2) is 4.42. The zero-order chi connectivity index (χ0) is 12.4. The van der Waals surface area contributed by atoms with Crippen LogP contribution in [0.4, 0.5) is 16.2 Å². The minimum atomic E-state index is -0.384. The van der Waals surface area contributed by atoms with Crippen LogP contribution in [0.2, 0.25) is 0 Å². The van der Waals surface area contributed by atoms with E-state index in [1.54, 1.807) is 19.2 Å². The lowest BCUT2D eigenvalue weighted by Crippen LogP contribution is -2.41. The average Bonchev–Trinajstić information content (AvgIpc) is 2.36. The van der Waals surface area contributed by atoms with Crippen LogP contribution in [0.15, 0.2) is 18.2 Å². The molecule has 4 N–H and O–H groups in total. The lowest BCUT2D eigenvalue weighted by Gasteiger charge is -2.21. The highest BCUT2D eigenvalue weighted by Crippen LogP contribution is 2.27. The van der Waals surface area contributed by atoms with Gasteiger partial charge in [-0.3, -0.25) is 15.1 Å². The molecular weight excluding hydrogens is 220 g/mol. The van der Waals surface area contributed by atoms with Crippen molar-refractivity contribution >= 4 is 23.3 Å². The van der Waals surface area contributed by atoms with Gasteiger partial charge in [0.1, 0.15) is 0 Å². The molecule has 0 radical (unpaired) electrons. The molecule has 0 atom stereocenters. The van der Waals surface area contributed by atoms with Crippen molar-refractivity contribution in [2.45, 2.75) is 12.8 Å².